The Bertz CT molecular complexity index is 768. The lowest BCUT2D eigenvalue weighted by atomic mass is 9.94. The van der Waals surface area contributed by atoms with Crippen molar-refractivity contribution >= 4 is 10.9 Å². The number of fused-ring (bicyclic) bond motifs is 3. The largest absolute Gasteiger partial charge is 0.342 e. The number of para-hydroxylation sites is 1. The van der Waals surface area contributed by atoms with E-state index in [2.05, 4.69) is 49.6 Å². The monoisotopic (exact) mass is 380 g/mol. The third kappa shape index (κ3) is 4.00. The van der Waals surface area contributed by atoms with Crippen LogP contribution >= 0.6 is 0 Å². The number of aromatic nitrogens is 1. The lowest BCUT2D eigenvalue weighted by Gasteiger charge is -2.41. The van der Waals surface area contributed by atoms with Crippen LogP contribution in [-0.4, -0.2) is 71.1 Å². The van der Waals surface area contributed by atoms with Gasteiger partial charge >= 0.3 is 0 Å². The predicted octanol–water partition coefficient (Wildman–Crippen LogP) is 3.80. The molecule has 3 heterocycles. The van der Waals surface area contributed by atoms with E-state index >= 15 is 0 Å². The van der Waals surface area contributed by atoms with Gasteiger partial charge in [-0.15, -0.1) is 0 Å². The van der Waals surface area contributed by atoms with Crippen LogP contribution in [-0.2, 0) is 13.1 Å². The van der Waals surface area contributed by atoms with Crippen LogP contribution in [0.5, 0.6) is 0 Å². The van der Waals surface area contributed by atoms with Crippen LogP contribution in [0.25, 0.3) is 10.9 Å². The molecule has 5 rings (SSSR count). The third-order valence-corrected chi connectivity index (χ3v) is 7.37. The van der Waals surface area contributed by atoms with Crippen molar-refractivity contribution < 1.29 is 0 Å². The maximum Gasteiger partial charge on any atom is 0.0483 e. The van der Waals surface area contributed by atoms with Gasteiger partial charge in [-0.2, -0.15) is 0 Å². The van der Waals surface area contributed by atoms with E-state index < -0.39 is 0 Å². The molecule has 0 spiro atoms. The first-order chi connectivity index (χ1) is 13.9. The molecule has 0 unspecified atom stereocenters. The first kappa shape index (κ1) is 18.7. The summed E-state index contributed by atoms with van der Waals surface area (Å²) < 4.78 is 2.52. The minimum atomic E-state index is 0.899. The van der Waals surface area contributed by atoms with Crippen LogP contribution in [0.1, 0.15) is 44.2 Å². The topological polar surface area (TPSA) is 14.7 Å². The van der Waals surface area contributed by atoms with E-state index in [1.807, 2.05) is 0 Å². The Hall–Kier alpha value is -1.36. The highest BCUT2D eigenvalue weighted by molar-refractivity contribution is 5.81. The Balaban J connectivity index is 1.06. The summed E-state index contributed by atoms with van der Waals surface area (Å²) in [6, 6.07) is 12.1. The summed E-state index contributed by atoms with van der Waals surface area (Å²) >= 11 is 0. The van der Waals surface area contributed by atoms with Gasteiger partial charge in [0.1, 0.15) is 0 Å². The molecule has 0 amide bonds. The maximum absolute atomic E-state index is 2.79. The number of rotatable bonds is 5. The molecule has 2 fully saturated rings. The summed E-state index contributed by atoms with van der Waals surface area (Å²) in [5.41, 5.74) is 2.90. The van der Waals surface area contributed by atoms with Crippen molar-refractivity contribution in [2.24, 2.45) is 0 Å². The number of benzene rings is 1. The summed E-state index contributed by atoms with van der Waals surface area (Å²) in [6.07, 6.45) is 8.59. The minimum Gasteiger partial charge on any atom is -0.342 e. The smallest absolute Gasteiger partial charge is 0.0483 e. The van der Waals surface area contributed by atoms with Crippen LogP contribution in [0.3, 0.4) is 0 Å². The number of piperazine rings is 1. The molecule has 0 radical (unpaired) electrons. The molecular weight excluding hydrogens is 344 g/mol. The van der Waals surface area contributed by atoms with E-state index in [0.717, 1.165) is 19.1 Å². The van der Waals surface area contributed by atoms with Gasteiger partial charge in [0, 0.05) is 63.1 Å². The third-order valence-electron chi connectivity index (χ3n) is 7.37. The van der Waals surface area contributed by atoms with Crippen molar-refractivity contribution in [1.29, 1.82) is 0 Å². The Kier molecular flexibility index (Phi) is 5.70. The van der Waals surface area contributed by atoms with E-state index in [1.54, 1.807) is 0 Å². The highest BCUT2D eigenvalue weighted by Gasteiger charge is 2.25. The molecule has 1 saturated carbocycles. The molecule has 2 aliphatic heterocycles. The predicted molar refractivity (Wildman–Crippen MR) is 117 cm³/mol. The first-order valence-electron chi connectivity index (χ1n) is 11.6. The molecule has 0 bridgehead atoms. The molecule has 28 heavy (non-hydrogen) atoms. The maximum atomic E-state index is 2.79. The molecule has 3 aliphatic rings. The molecule has 2 aromatic rings. The fourth-order valence-corrected chi connectivity index (χ4v) is 5.72. The fourth-order valence-electron chi connectivity index (χ4n) is 5.72. The number of nitrogens with zero attached hydrogens (tertiary/aromatic N) is 4. The Morgan fingerprint density at radius 2 is 1.54 bits per heavy atom. The molecule has 1 aliphatic carbocycles. The average Bonchev–Trinajstić information content (AvgIpc) is 3.13. The summed E-state index contributed by atoms with van der Waals surface area (Å²) in [6.45, 7) is 11.1. The lowest BCUT2D eigenvalue weighted by Crippen LogP contribution is -2.51. The summed E-state index contributed by atoms with van der Waals surface area (Å²) in [7, 11) is 0. The molecule has 4 heteroatoms. The fraction of sp³-hybridized carbons (Fsp3) is 0.667. The molecule has 0 atom stereocenters. The zero-order valence-corrected chi connectivity index (χ0v) is 17.4. The average molecular weight is 381 g/mol. The van der Waals surface area contributed by atoms with Gasteiger partial charge in [-0.3, -0.25) is 9.80 Å². The highest BCUT2D eigenvalue weighted by atomic mass is 15.3. The van der Waals surface area contributed by atoms with Crippen molar-refractivity contribution in [2.75, 3.05) is 45.8 Å². The second-order valence-corrected chi connectivity index (χ2v) is 9.15. The second-order valence-electron chi connectivity index (χ2n) is 9.15. The van der Waals surface area contributed by atoms with Crippen LogP contribution in [0.4, 0.5) is 0 Å². The van der Waals surface area contributed by atoms with E-state index in [9.17, 15) is 0 Å². The number of hydrogen-bond donors (Lipinski definition) is 0. The van der Waals surface area contributed by atoms with Crippen LogP contribution < -0.4 is 0 Å². The van der Waals surface area contributed by atoms with Crippen LogP contribution in [0.2, 0.25) is 0 Å². The van der Waals surface area contributed by atoms with Crippen molar-refractivity contribution in [3.63, 3.8) is 0 Å². The van der Waals surface area contributed by atoms with E-state index in [4.69, 9.17) is 0 Å². The molecular formula is C24H36N4. The molecule has 0 N–H and O–H groups in total. The van der Waals surface area contributed by atoms with Crippen molar-refractivity contribution in [3.8, 4) is 0 Å². The summed E-state index contributed by atoms with van der Waals surface area (Å²) in [4.78, 5) is 8.16. The SMILES string of the molecule is c1ccc2c(c1)cc1n2CCN(CCCN2CCN(C3CCCCC3)CC2)C1. The molecule has 4 nitrogen and oxygen atoms in total. The Morgan fingerprint density at radius 1 is 0.786 bits per heavy atom. The normalized spacial score (nSPS) is 23.3. The van der Waals surface area contributed by atoms with Gasteiger partial charge in [0.05, 0.1) is 0 Å². The number of hydrogen-bond acceptors (Lipinski definition) is 3. The van der Waals surface area contributed by atoms with Gasteiger partial charge in [-0.05, 0) is 49.9 Å². The quantitative estimate of drug-likeness (QED) is 0.784. The second kappa shape index (κ2) is 8.56. The van der Waals surface area contributed by atoms with Gasteiger partial charge < -0.3 is 9.47 Å². The van der Waals surface area contributed by atoms with Crippen molar-refractivity contribution in [3.05, 3.63) is 36.0 Å². The summed E-state index contributed by atoms with van der Waals surface area (Å²) in [5, 5.41) is 1.40. The highest BCUT2D eigenvalue weighted by Crippen LogP contribution is 2.25. The van der Waals surface area contributed by atoms with E-state index in [1.165, 1.54) is 101 Å². The zero-order chi connectivity index (χ0) is 18.8. The van der Waals surface area contributed by atoms with E-state index in [-0.39, 0.29) is 0 Å². The van der Waals surface area contributed by atoms with Crippen LogP contribution in [0.15, 0.2) is 30.3 Å². The van der Waals surface area contributed by atoms with Gasteiger partial charge in [0.25, 0.3) is 0 Å². The van der Waals surface area contributed by atoms with Gasteiger partial charge in [-0.1, -0.05) is 37.5 Å². The van der Waals surface area contributed by atoms with E-state index in [0.29, 0.717) is 0 Å². The minimum absolute atomic E-state index is 0.899. The lowest BCUT2D eigenvalue weighted by molar-refractivity contribution is 0.0760. The zero-order valence-electron chi connectivity index (χ0n) is 17.4. The molecule has 152 valence electrons. The van der Waals surface area contributed by atoms with Crippen molar-refractivity contribution in [2.45, 2.75) is 57.7 Å². The van der Waals surface area contributed by atoms with Gasteiger partial charge in [0.2, 0.25) is 0 Å². The Morgan fingerprint density at radius 3 is 2.39 bits per heavy atom. The summed E-state index contributed by atoms with van der Waals surface area (Å²) in [5.74, 6) is 0. The Labute approximate surface area is 170 Å². The first-order valence-corrected chi connectivity index (χ1v) is 11.6. The molecule has 1 saturated heterocycles. The van der Waals surface area contributed by atoms with Crippen molar-refractivity contribution in [1.82, 2.24) is 19.3 Å². The molecule has 1 aromatic carbocycles. The van der Waals surface area contributed by atoms with Gasteiger partial charge in [-0.25, -0.2) is 0 Å². The van der Waals surface area contributed by atoms with Gasteiger partial charge in [0.15, 0.2) is 0 Å². The molecule has 1 aromatic heterocycles. The standard InChI is InChI=1S/C24H36N4/c1-2-8-22(9-3-1)27-16-13-25(14-17-27)11-6-12-26-15-18-28-23(20-26)19-21-7-4-5-10-24(21)28/h4-5,7,10,19,22H,1-3,6,8-9,11-18,20H2. The van der Waals surface area contributed by atoms with Crippen LogP contribution in [0, 0.1) is 0 Å².